The van der Waals surface area contributed by atoms with Crippen molar-refractivity contribution in [2.75, 3.05) is 11.1 Å². The number of rotatable bonds is 2. The zero-order valence-corrected chi connectivity index (χ0v) is 13.4. The number of nitrogens with zero attached hydrogens (tertiary/aromatic N) is 1. The van der Waals surface area contributed by atoms with Crippen LogP contribution in [0.1, 0.15) is 22.2 Å². The molecule has 0 saturated carbocycles. The Morgan fingerprint density at radius 3 is 3.05 bits per heavy atom. The van der Waals surface area contributed by atoms with Crippen LogP contribution >= 0.6 is 23.1 Å². The van der Waals surface area contributed by atoms with Crippen molar-refractivity contribution in [1.82, 2.24) is 4.98 Å². The summed E-state index contributed by atoms with van der Waals surface area (Å²) in [5, 5.41) is 4.82. The number of thioether (sulfide) groups is 1. The van der Waals surface area contributed by atoms with Crippen molar-refractivity contribution in [3.63, 3.8) is 0 Å². The third-order valence-corrected chi connectivity index (χ3v) is 5.83. The SMILES string of the molecule is Cc1nc2ccc(NC3CSCc4ccccc43)cc2s1. The molecule has 4 rings (SSSR count). The lowest BCUT2D eigenvalue weighted by Crippen LogP contribution is -2.18. The Kier molecular flexibility index (Phi) is 3.36. The first-order chi connectivity index (χ1) is 10.3. The Morgan fingerprint density at radius 1 is 1.19 bits per heavy atom. The molecule has 3 aromatic rings. The van der Waals surface area contributed by atoms with Gasteiger partial charge in [0, 0.05) is 17.2 Å². The lowest BCUT2D eigenvalue weighted by atomic mass is 10.0. The number of hydrogen-bond donors (Lipinski definition) is 1. The van der Waals surface area contributed by atoms with E-state index >= 15 is 0 Å². The summed E-state index contributed by atoms with van der Waals surface area (Å²) in [7, 11) is 0. The van der Waals surface area contributed by atoms with Crippen molar-refractivity contribution in [2.24, 2.45) is 0 Å². The normalized spacial score (nSPS) is 17.7. The highest BCUT2D eigenvalue weighted by atomic mass is 32.2. The predicted octanol–water partition coefficient (Wildman–Crippen LogP) is 5.00. The minimum atomic E-state index is 0.395. The van der Waals surface area contributed by atoms with Crippen LogP contribution in [0.25, 0.3) is 10.2 Å². The van der Waals surface area contributed by atoms with Crippen LogP contribution in [0.15, 0.2) is 42.5 Å². The van der Waals surface area contributed by atoms with Crippen LogP contribution in [0.3, 0.4) is 0 Å². The third-order valence-electron chi connectivity index (χ3n) is 3.81. The second-order valence-corrected chi connectivity index (χ2v) is 7.59. The first-order valence-corrected chi connectivity index (χ1v) is 9.06. The van der Waals surface area contributed by atoms with E-state index < -0.39 is 0 Å². The molecule has 1 aliphatic rings. The molecule has 4 heteroatoms. The molecule has 0 aliphatic carbocycles. The van der Waals surface area contributed by atoms with E-state index in [2.05, 4.69) is 59.7 Å². The number of hydrogen-bond acceptors (Lipinski definition) is 4. The van der Waals surface area contributed by atoms with Crippen LogP contribution in [-0.2, 0) is 5.75 Å². The van der Waals surface area contributed by atoms with E-state index in [0.29, 0.717) is 6.04 Å². The topological polar surface area (TPSA) is 24.9 Å². The van der Waals surface area contributed by atoms with Crippen LogP contribution in [-0.4, -0.2) is 10.7 Å². The Bertz CT molecular complexity index is 794. The van der Waals surface area contributed by atoms with Gasteiger partial charge in [0.2, 0.25) is 0 Å². The van der Waals surface area contributed by atoms with Gasteiger partial charge < -0.3 is 5.32 Å². The van der Waals surface area contributed by atoms with Gasteiger partial charge in [0.1, 0.15) is 0 Å². The van der Waals surface area contributed by atoms with E-state index in [4.69, 9.17) is 0 Å². The summed E-state index contributed by atoms with van der Waals surface area (Å²) in [4.78, 5) is 4.52. The molecule has 0 amide bonds. The minimum Gasteiger partial charge on any atom is -0.377 e. The molecule has 1 aliphatic heterocycles. The smallest absolute Gasteiger partial charge is 0.0907 e. The molecule has 1 aromatic heterocycles. The van der Waals surface area contributed by atoms with Crippen LogP contribution in [0.4, 0.5) is 5.69 Å². The lowest BCUT2D eigenvalue weighted by molar-refractivity contribution is 0.871. The molecule has 2 nitrogen and oxygen atoms in total. The molecule has 21 heavy (non-hydrogen) atoms. The summed E-state index contributed by atoms with van der Waals surface area (Å²) >= 11 is 3.76. The maximum atomic E-state index is 4.52. The maximum absolute atomic E-state index is 4.52. The molecule has 1 atom stereocenters. The van der Waals surface area contributed by atoms with Crippen LogP contribution in [0, 0.1) is 6.92 Å². The first-order valence-electron chi connectivity index (χ1n) is 7.09. The van der Waals surface area contributed by atoms with Crippen LogP contribution in [0.2, 0.25) is 0 Å². The number of benzene rings is 2. The van der Waals surface area contributed by atoms with Gasteiger partial charge >= 0.3 is 0 Å². The van der Waals surface area contributed by atoms with E-state index in [1.165, 1.54) is 21.5 Å². The van der Waals surface area contributed by atoms with E-state index in [-0.39, 0.29) is 0 Å². The molecule has 1 N–H and O–H groups in total. The molecular weight excluding hydrogens is 296 g/mol. The highest BCUT2D eigenvalue weighted by Crippen LogP contribution is 2.34. The lowest BCUT2D eigenvalue weighted by Gasteiger charge is -2.26. The number of aryl methyl sites for hydroxylation is 1. The van der Waals surface area contributed by atoms with Crippen molar-refractivity contribution in [2.45, 2.75) is 18.7 Å². The summed E-state index contributed by atoms with van der Waals surface area (Å²) in [6, 6.07) is 15.6. The second-order valence-electron chi connectivity index (χ2n) is 5.33. The molecule has 1 unspecified atom stereocenters. The largest absolute Gasteiger partial charge is 0.377 e. The van der Waals surface area contributed by atoms with Gasteiger partial charge in [-0.3, -0.25) is 0 Å². The summed E-state index contributed by atoms with van der Waals surface area (Å²) < 4.78 is 1.26. The first kappa shape index (κ1) is 13.2. The van der Waals surface area contributed by atoms with Crippen LogP contribution < -0.4 is 5.32 Å². The fourth-order valence-corrected chi connectivity index (χ4v) is 4.80. The van der Waals surface area contributed by atoms with Crippen molar-refractivity contribution < 1.29 is 0 Å². The van der Waals surface area contributed by atoms with Crippen LogP contribution in [0.5, 0.6) is 0 Å². The van der Waals surface area contributed by atoms with Gasteiger partial charge in [0.25, 0.3) is 0 Å². The van der Waals surface area contributed by atoms with Crippen molar-refractivity contribution in [1.29, 1.82) is 0 Å². The molecule has 106 valence electrons. The number of nitrogens with one attached hydrogen (secondary N) is 1. The number of aromatic nitrogens is 1. The zero-order chi connectivity index (χ0) is 14.2. The van der Waals surface area contributed by atoms with Gasteiger partial charge in [-0.25, -0.2) is 4.98 Å². The Hall–Kier alpha value is -1.52. The summed E-state index contributed by atoms with van der Waals surface area (Å²) in [5.74, 6) is 2.25. The summed E-state index contributed by atoms with van der Waals surface area (Å²) in [5.41, 5.74) is 5.19. The fraction of sp³-hybridized carbons (Fsp3) is 0.235. The molecule has 2 heterocycles. The van der Waals surface area contributed by atoms with E-state index in [1.54, 1.807) is 11.3 Å². The quantitative estimate of drug-likeness (QED) is 0.720. The Morgan fingerprint density at radius 2 is 2.10 bits per heavy atom. The van der Waals surface area contributed by atoms with Gasteiger partial charge in [-0.2, -0.15) is 11.8 Å². The number of fused-ring (bicyclic) bond motifs is 2. The van der Waals surface area contributed by atoms with Crippen molar-refractivity contribution >= 4 is 39.0 Å². The molecule has 0 saturated heterocycles. The van der Waals surface area contributed by atoms with Gasteiger partial charge in [0.05, 0.1) is 21.3 Å². The molecule has 0 fully saturated rings. The average molecular weight is 312 g/mol. The third kappa shape index (κ3) is 2.54. The fourth-order valence-electron chi connectivity index (χ4n) is 2.83. The minimum absolute atomic E-state index is 0.395. The van der Waals surface area contributed by atoms with E-state index in [9.17, 15) is 0 Å². The molecule has 0 spiro atoms. The highest BCUT2D eigenvalue weighted by Gasteiger charge is 2.19. The van der Waals surface area contributed by atoms with E-state index in [0.717, 1.165) is 22.0 Å². The zero-order valence-electron chi connectivity index (χ0n) is 11.8. The summed E-state index contributed by atoms with van der Waals surface area (Å²) in [6.45, 7) is 2.06. The average Bonchev–Trinajstić information content (AvgIpc) is 2.87. The highest BCUT2D eigenvalue weighted by molar-refractivity contribution is 7.98. The van der Waals surface area contributed by atoms with E-state index in [1.807, 2.05) is 11.8 Å². The maximum Gasteiger partial charge on any atom is 0.0907 e. The van der Waals surface area contributed by atoms with Crippen molar-refractivity contribution in [3.05, 3.63) is 58.6 Å². The van der Waals surface area contributed by atoms with Crippen molar-refractivity contribution in [3.8, 4) is 0 Å². The Balaban J connectivity index is 1.65. The van der Waals surface area contributed by atoms with Gasteiger partial charge in [-0.05, 0) is 36.2 Å². The monoisotopic (exact) mass is 312 g/mol. The summed E-state index contributed by atoms with van der Waals surface area (Å²) in [6.07, 6.45) is 0. The number of anilines is 1. The molecule has 2 aromatic carbocycles. The standard InChI is InChI=1S/C17H16N2S2/c1-11-18-15-7-6-13(8-17(15)21-11)19-16-10-20-9-12-4-2-3-5-14(12)16/h2-8,16,19H,9-10H2,1H3. The Labute approximate surface area is 132 Å². The number of thiazole rings is 1. The van der Waals surface area contributed by atoms with Gasteiger partial charge in [0.15, 0.2) is 0 Å². The van der Waals surface area contributed by atoms with Gasteiger partial charge in [-0.15, -0.1) is 11.3 Å². The second kappa shape index (κ2) is 5.35. The molecular formula is C17H16N2S2. The predicted molar refractivity (Wildman–Crippen MR) is 93.3 cm³/mol. The van der Waals surface area contributed by atoms with Gasteiger partial charge in [-0.1, -0.05) is 24.3 Å². The molecule has 0 bridgehead atoms. The molecule has 0 radical (unpaired) electrons.